The highest BCUT2D eigenvalue weighted by Gasteiger charge is 2.59. The van der Waals surface area contributed by atoms with Gasteiger partial charge < -0.3 is 29.9 Å². The molecule has 4 N–H and O–H groups in total. The average molecular weight is 665 g/mol. The molecule has 2 aliphatic heterocycles. The van der Waals surface area contributed by atoms with Crippen LogP contribution in [-0.4, -0.2) is 70.5 Å². The second-order valence-electron chi connectivity index (χ2n) is 16.9. The van der Waals surface area contributed by atoms with Crippen molar-refractivity contribution in [3.63, 3.8) is 0 Å². The van der Waals surface area contributed by atoms with Gasteiger partial charge in [-0.3, -0.25) is 0 Å². The largest absolute Gasteiger partial charge is 0.458 e. The quantitative estimate of drug-likeness (QED) is 0.201. The summed E-state index contributed by atoms with van der Waals surface area (Å²) < 4.78 is 11.4. The Morgan fingerprint density at radius 1 is 0.875 bits per heavy atom. The minimum absolute atomic E-state index is 0.00875. The van der Waals surface area contributed by atoms with E-state index < -0.39 is 41.0 Å². The Labute approximate surface area is 285 Å². The maximum absolute atomic E-state index is 13.5. The van der Waals surface area contributed by atoms with Crippen molar-refractivity contribution in [2.75, 3.05) is 19.8 Å². The number of ether oxygens (including phenoxy) is 2. The first-order chi connectivity index (χ1) is 22.6. The fourth-order valence-corrected chi connectivity index (χ4v) is 11.5. The van der Waals surface area contributed by atoms with E-state index in [1.54, 1.807) is 6.08 Å². The van der Waals surface area contributed by atoms with E-state index in [-0.39, 0.29) is 60.3 Å². The summed E-state index contributed by atoms with van der Waals surface area (Å²) in [7, 11) is 0. The Kier molecular flexibility index (Phi) is 9.32. The number of fused-ring (bicyclic) bond motifs is 2. The minimum atomic E-state index is -0.662. The molecule has 8 nitrogen and oxygen atoms in total. The predicted octanol–water partition coefficient (Wildman–Crippen LogP) is 5.37. The zero-order valence-corrected chi connectivity index (χ0v) is 29.2. The van der Waals surface area contributed by atoms with Crippen molar-refractivity contribution in [3.8, 4) is 0 Å². The molecule has 0 amide bonds. The van der Waals surface area contributed by atoms with Crippen molar-refractivity contribution in [2.24, 2.45) is 51.2 Å². The van der Waals surface area contributed by atoms with E-state index in [0.29, 0.717) is 30.4 Å². The van der Waals surface area contributed by atoms with Crippen LogP contribution in [0.2, 0.25) is 0 Å². The molecule has 0 bridgehead atoms. The number of allylic oxidation sites excluding steroid dienone is 3. The van der Waals surface area contributed by atoms with E-state index in [4.69, 9.17) is 9.47 Å². The molecule has 2 heterocycles. The lowest BCUT2D eigenvalue weighted by atomic mass is 9.45. The first-order valence-corrected chi connectivity index (χ1v) is 18.1. The molecule has 48 heavy (non-hydrogen) atoms. The lowest BCUT2D eigenvalue weighted by Crippen LogP contribution is -2.57. The second-order valence-corrected chi connectivity index (χ2v) is 16.9. The van der Waals surface area contributed by atoms with Crippen LogP contribution in [0.3, 0.4) is 0 Å². The van der Waals surface area contributed by atoms with Crippen LogP contribution in [0.5, 0.6) is 0 Å². The summed E-state index contributed by atoms with van der Waals surface area (Å²) >= 11 is 0. The van der Waals surface area contributed by atoms with Gasteiger partial charge in [0.25, 0.3) is 0 Å². The van der Waals surface area contributed by atoms with Crippen LogP contribution in [0, 0.1) is 51.2 Å². The molecule has 0 aromatic carbocycles. The van der Waals surface area contributed by atoms with Crippen LogP contribution < -0.4 is 0 Å². The molecule has 0 aromatic rings. The second kappa shape index (κ2) is 12.7. The normalized spacial score (nSPS) is 45.3. The van der Waals surface area contributed by atoms with Gasteiger partial charge in [-0.05, 0) is 98.5 Å². The van der Waals surface area contributed by atoms with Gasteiger partial charge in [0.2, 0.25) is 0 Å². The van der Waals surface area contributed by atoms with Crippen LogP contribution in [0.1, 0.15) is 85.5 Å². The van der Waals surface area contributed by atoms with Crippen LogP contribution in [0.25, 0.3) is 0 Å². The molecule has 0 radical (unpaired) electrons. The van der Waals surface area contributed by atoms with Crippen molar-refractivity contribution in [3.05, 3.63) is 59.8 Å². The first-order valence-electron chi connectivity index (χ1n) is 18.1. The fraction of sp³-hybridized carbons (Fsp3) is 0.700. The maximum atomic E-state index is 13.5. The van der Waals surface area contributed by atoms with Gasteiger partial charge in [-0.1, -0.05) is 64.2 Å². The van der Waals surface area contributed by atoms with Crippen molar-refractivity contribution in [1.29, 1.82) is 0 Å². The Morgan fingerprint density at radius 3 is 2.04 bits per heavy atom. The van der Waals surface area contributed by atoms with Crippen molar-refractivity contribution < 1.29 is 39.5 Å². The number of esters is 2. The van der Waals surface area contributed by atoms with E-state index in [1.807, 2.05) is 26.0 Å². The number of carbonyl (C=O) groups is 2. The molecule has 4 saturated carbocycles. The summed E-state index contributed by atoms with van der Waals surface area (Å²) in [5, 5.41) is 42.7. The number of aliphatic hydroxyl groups is 4. The third kappa shape index (κ3) is 5.41. The molecule has 0 unspecified atom stereocenters. The molecule has 4 fully saturated rings. The fourth-order valence-electron chi connectivity index (χ4n) is 11.5. The third-order valence-corrected chi connectivity index (χ3v) is 14.6. The monoisotopic (exact) mass is 664 g/mol. The van der Waals surface area contributed by atoms with Gasteiger partial charge in [-0.25, -0.2) is 9.59 Å². The molecule has 6 rings (SSSR count). The molecule has 8 heteroatoms. The van der Waals surface area contributed by atoms with Crippen LogP contribution >= 0.6 is 0 Å². The Morgan fingerprint density at radius 2 is 1.46 bits per heavy atom. The molecule has 6 aliphatic rings. The van der Waals surface area contributed by atoms with Crippen LogP contribution in [-0.2, 0) is 19.1 Å². The SMILES string of the molecule is C=C1CC[C@@H]2[C@](C)(CO)[C@H](O)CC[C@@]2(C)[C@@H]1/C=C/C1=C[C@@H]([C@@H](C[C@@H]2C(=C)CC[C@@H]3[C@](C)(CO)[C@H](O)CC[C@]32C)C2=CCOC2=O)OC1=O. The van der Waals surface area contributed by atoms with E-state index in [0.717, 1.165) is 49.7 Å². The first kappa shape index (κ1) is 35.3. The molecular formula is C40H56O8. The van der Waals surface area contributed by atoms with Gasteiger partial charge in [0.1, 0.15) is 12.7 Å². The molecular weight excluding hydrogens is 608 g/mol. The summed E-state index contributed by atoms with van der Waals surface area (Å²) in [6.45, 7) is 17.4. The predicted molar refractivity (Wildman–Crippen MR) is 182 cm³/mol. The standard InChI is InChI=1S/C40H56O8/c1-23-7-11-31-37(3,16-13-33(43)39(31,5)21-41)28(23)10-9-25-19-30(48-35(25)45)27(26-15-18-47-36(26)46)20-29-24(2)8-12-32-38(29,4)17-14-34(44)40(32,6)22-42/h9-10,15,19,27-34,41-44H,1-2,7-8,11-14,16-18,20-22H2,3-6H3/b10-9+/t27-,28+,29+,30-,31-,32-,33+,34+,37-,38-,39-,40-/m0/s1. The lowest BCUT2D eigenvalue weighted by molar-refractivity contribution is -0.156. The van der Waals surface area contributed by atoms with Gasteiger partial charge in [0.15, 0.2) is 0 Å². The van der Waals surface area contributed by atoms with Crippen molar-refractivity contribution in [1.82, 2.24) is 0 Å². The van der Waals surface area contributed by atoms with Crippen LogP contribution in [0.15, 0.2) is 59.8 Å². The number of carbonyl (C=O) groups excluding carboxylic acids is 2. The highest BCUT2D eigenvalue weighted by Crippen LogP contribution is 2.63. The molecule has 264 valence electrons. The number of aliphatic hydroxyl groups excluding tert-OH is 4. The third-order valence-electron chi connectivity index (χ3n) is 14.6. The minimum Gasteiger partial charge on any atom is -0.458 e. The molecule has 12 atom stereocenters. The maximum Gasteiger partial charge on any atom is 0.338 e. The molecule has 0 aromatic heterocycles. The summed E-state index contributed by atoms with van der Waals surface area (Å²) in [5.41, 5.74) is 1.44. The Bertz CT molecular complexity index is 1440. The smallest absolute Gasteiger partial charge is 0.338 e. The summed E-state index contributed by atoms with van der Waals surface area (Å²) in [5.74, 6) is -1.13. The Hall–Kier alpha value is -2.52. The number of hydrogen-bond acceptors (Lipinski definition) is 8. The molecule has 4 aliphatic carbocycles. The zero-order chi connectivity index (χ0) is 34.8. The van der Waals surface area contributed by atoms with Crippen molar-refractivity contribution in [2.45, 2.75) is 104 Å². The van der Waals surface area contributed by atoms with E-state index >= 15 is 0 Å². The van der Waals surface area contributed by atoms with Gasteiger partial charge in [0, 0.05) is 28.2 Å². The summed E-state index contributed by atoms with van der Waals surface area (Å²) in [4.78, 5) is 26.5. The highest BCUT2D eigenvalue weighted by atomic mass is 16.6. The number of rotatable bonds is 8. The molecule has 0 saturated heterocycles. The zero-order valence-electron chi connectivity index (χ0n) is 29.2. The lowest BCUT2D eigenvalue weighted by Gasteiger charge is -2.60. The van der Waals surface area contributed by atoms with Crippen LogP contribution in [0.4, 0.5) is 0 Å². The summed E-state index contributed by atoms with van der Waals surface area (Å²) in [6.07, 6.45) is 12.3. The van der Waals surface area contributed by atoms with Gasteiger partial charge in [-0.2, -0.15) is 0 Å². The Balaban J connectivity index is 1.30. The van der Waals surface area contributed by atoms with Gasteiger partial charge in [0.05, 0.1) is 31.0 Å². The summed E-state index contributed by atoms with van der Waals surface area (Å²) in [6, 6.07) is 0. The molecule has 0 spiro atoms. The van der Waals surface area contributed by atoms with Crippen molar-refractivity contribution >= 4 is 11.9 Å². The number of hydrogen-bond donors (Lipinski definition) is 4. The number of cyclic esters (lactones) is 2. The highest BCUT2D eigenvalue weighted by molar-refractivity contribution is 5.95. The van der Waals surface area contributed by atoms with E-state index in [2.05, 4.69) is 33.1 Å². The van der Waals surface area contributed by atoms with E-state index in [9.17, 15) is 30.0 Å². The average Bonchev–Trinajstić information content (AvgIpc) is 3.65. The van der Waals surface area contributed by atoms with E-state index in [1.165, 1.54) is 0 Å². The topological polar surface area (TPSA) is 134 Å². The van der Waals surface area contributed by atoms with Gasteiger partial charge in [-0.15, -0.1) is 0 Å². The van der Waals surface area contributed by atoms with Gasteiger partial charge >= 0.3 is 11.9 Å².